The highest BCUT2D eigenvalue weighted by atomic mass is 16.6. The number of ether oxygens (including phenoxy) is 2. The summed E-state index contributed by atoms with van der Waals surface area (Å²) in [6, 6.07) is 18.9. The molecule has 1 aliphatic rings. The van der Waals surface area contributed by atoms with Crippen LogP contribution >= 0.6 is 0 Å². The van der Waals surface area contributed by atoms with Crippen molar-refractivity contribution >= 4 is 35.7 Å². The van der Waals surface area contributed by atoms with Gasteiger partial charge in [-0.25, -0.2) is 9.59 Å². The molecule has 262 valence electrons. The molecule has 0 spiro atoms. The standard InChI is InChI=1S/C27H35N3O7.C10H11NO/c1-26(2,3)36-24(34)28-15-19-12-13-21(14-20(19)16-29-25(35)37-27(4,5)6)30(17-22(31)32)23(33)18-10-8-7-9-11-18;11-10(12)9-5-4-7-2-1-3-8(7)6-9/h7-14H,15-17H2,1-6H3,(H,28,34)(H,29,35)(H,31,32);4-6H,1-3H2,(H2,11,12). The highest BCUT2D eigenvalue weighted by molar-refractivity contribution is 6.08. The fourth-order valence-corrected chi connectivity index (χ4v) is 4.96. The lowest BCUT2D eigenvalue weighted by atomic mass is 10.0. The number of aliphatic carboxylic acids is 1. The first-order valence-corrected chi connectivity index (χ1v) is 16.0. The second kappa shape index (κ2) is 16.6. The van der Waals surface area contributed by atoms with E-state index in [0.29, 0.717) is 27.9 Å². The number of carbonyl (C=O) groups is 5. The number of primary amides is 1. The van der Waals surface area contributed by atoms with Crippen molar-refractivity contribution in [3.05, 3.63) is 100 Å². The number of carboxylic acid groups (broad SMARTS) is 1. The molecule has 49 heavy (non-hydrogen) atoms. The van der Waals surface area contributed by atoms with Gasteiger partial charge in [0.1, 0.15) is 17.7 Å². The van der Waals surface area contributed by atoms with E-state index >= 15 is 0 Å². The Morgan fingerprint density at radius 3 is 1.86 bits per heavy atom. The van der Waals surface area contributed by atoms with Crippen LogP contribution in [0, 0.1) is 0 Å². The average Bonchev–Trinajstić information content (AvgIpc) is 3.49. The van der Waals surface area contributed by atoms with E-state index in [2.05, 4.69) is 10.6 Å². The predicted octanol–water partition coefficient (Wildman–Crippen LogP) is 5.74. The van der Waals surface area contributed by atoms with Gasteiger partial charge < -0.3 is 30.9 Å². The van der Waals surface area contributed by atoms with Crippen LogP contribution in [0.5, 0.6) is 0 Å². The third-order valence-electron chi connectivity index (χ3n) is 7.09. The molecule has 0 aliphatic heterocycles. The first-order chi connectivity index (χ1) is 22.9. The van der Waals surface area contributed by atoms with E-state index in [1.165, 1.54) is 17.5 Å². The van der Waals surface area contributed by atoms with Gasteiger partial charge in [0.05, 0.1) is 0 Å². The maximum Gasteiger partial charge on any atom is 0.407 e. The van der Waals surface area contributed by atoms with Crippen LogP contribution in [0.1, 0.15) is 90.9 Å². The number of hydrogen-bond donors (Lipinski definition) is 4. The van der Waals surface area contributed by atoms with Crippen LogP contribution in [-0.2, 0) is 40.2 Å². The average molecular weight is 675 g/mol. The van der Waals surface area contributed by atoms with E-state index in [4.69, 9.17) is 15.2 Å². The third kappa shape index (κ3) is 12.6. The van der Waals surface area contributed by atoms with Gasteiger partial charge in [-0.3, -0.25) is 19.3 Å². The van der Waals surface area contributed by atoms with E-state index in [-0.39, 0.29) is 19.0 Å². The van der Waals surface area contributed by atoms with Crippen LogP contribution in [0.25, 0.3) is 0 Å². The van der Waals surface area contributed by atoms with Crippen molar-refractivity contribution in [2.24, 2.45) is 5.73 Å². The van der Waals surface area contributed by atoms with E-state index in [1.54, 1.807) is 90.1 Å². The monoisotopic (exact) mass is 674 g/mol. The van der Waals surface area contributed by atoms with Crippen molar-refractivity contribution in [1.82, 2.24) is 10.6 Å². The largest absolute Gasteiger partial charge is 0.480 e. The minimum absolute atomic E-state index is 0.00846. The minimum Gasteiger partial charge on any atom is -0.480 e. The SMILES string of the molecule is CC(C)(C)OC(=O)NCc1ccc(N(CC(=O)O)C(=O)c2ccccc2)cc1CNC(=O)OC(C)(C)C.NC(=O)c1ccc2c(c1)CCC2. The van der Waals surface area contributed by atoms with E-state index in [1.807, 2.05) is 18.2 Å². The molecule has 0 atom stereocenters. The Morgan fingerprint density at radius 1 is 0.735 bits per heavy atom. The molecule has 0 saturated heterocycles. The molecule has 0 heterocycles. The Kier molecular flexibility index (Phi) is 12.9. The van der Waals surface area contributed by atoms with Gasteiger partial charge in [-0.1, -0.05) is 30.3 Å². The van der Waals surface area contributed by atoms with Crippen LogP contribution in [0.4, 0.5) is 15.3 Å². The highest BCUT2D eigenvalue weighted by Crippen LogP contribution is 2.24. The fourth-order valence-electron chi connectivity index (χ4n) is 4.96. The lowest BCUT2D eigenvalue weighted by Crippen LogP contribution is -2.36. The molecule has 0 unspecified atom stereocenters. The smallest absolute Gasteiger partial charge is 0.407 e. The summed E-state index contributed by atoms with van der Waals surface area (Å²) in [6.07, 6.45) is 2.18. The number of nitrogens with two attached hydrogens (primary N) is 1. The summed E-state index contributed by atoms with van der Waals surface area (Å²) in [5.74, 6) is -2.01. The first-order valence-electron chi connectivity index (χ1n) is 16.0. The number of hydrogen-bond acceptors (Lipinski definition) is 7. The summed E-state index contributed by atoms with van der Waals surface area (Å²) in [5, 5.41) is 14.8. The predicted molar refractivity (Wildman–Crippen MR) is 185 cm³/mol. The van der Waals surface area contributed by atoms with Gasteiger partial charge in [0, 0.05) is 29.9 Å². The summed E-state index contributed by atoms with van der Waals surface area (Å²) < 4.78 is 10.6. The molecule has 0 saturated carbocycles. The van der Waals surface area contributed by atoms with Gasteiger partial charge in [-0.15, -0.1) is 0 Å². The van der Waals surface area contributed by atoms with Gasteiger partial charge in [0.2, 0.25) is 5.91 Å². The Bertz CT molecular complexity index is 1660. The molecular formula is C37H46N4O8. The topological polar surface area (TPSA) is 177 Å². The first kappa shape index (κ1) is 38.1. The summed E-state index contributed by atoms with van der Waals surface area (Å²) in [5.41, 5.74) is 8.93. The zero-order valence-corrected chi connectivity index (χ0v) is 28.9. The van der Waals surface area contributed by atoms with Crippen LogP contribution in [-0.4, -0.2) is 52.8 Å². The quantitative estimate of drug-likeness (QED) is 0.222. The lowest BCUT2D eigenvalue weighted by Gasteiger charge is -2.24. The molecule has 3 aromatic rings. The summed E-state index contributed by atoms with van der Waals surface area (Å²) in [6.45, 7) is 9.98. The highest BCUT2D eigenvalue weighted by Gasteiger charge is 2.23. The van der Waals surface area contributed by atoms with Crippen molar-refractivity contribution < 1.29 is 38.6 Å². The second-order valence-electron chi connectivity index (χ2n) is 13.5. The van der Waals surface area contributed by atoms with Crippen LogP contribution in [0.3, 0.4) is 0 Å². The van der Waals surface area contributed by atoms with Crippen molar-refractivity contribution in [1.29, 1.82) is 0 Å². The molecule has 0 aromatic heterocycles. The minimum atomic E-state index is -1.19. The molecule has 4 rings (SSSR count). The Morgan fingerprint density at radius 2 is 1.31 bits per heavy atom. The zero-order chi connectivity index (χ0) is 36.4. The number of benzene rings is 3. The number of carbonyl (C=O) groups excluding carboxylic acids is 4. The lowest BCUT2D eigenvalue weighted by molar-refractivity contribution is -0.135. The van der Waals surface area contributed by atoms with Gasteiger partial charge >= 0.3 is 18.2 Å². The number of aryl methyl sites for hydroxylation is 2. The van der Waals surface area contributed by atoms with Gasteiger partial charge in [0.15, 0.2) is 0 Å². The third-order valence-corrected chi connectivity index (χ3v) is 7.09. The summed E-state index contributed by atoms with van der Waals surface area (Å²) in [4.78, 5) is 61.1. The maximum absolute atomic E-state index is 13.1. The van der Waals surface area contributed by atoms with Crippen molar-refractivity contribution in [3.63, 3.8) is 0 Å². The zero-order valence-electron chi connectivity index (χ0n) is 28.9. The molecule has 0 radical (unpaired) electrons. The number of carboxylic acids is 1. The molecule has 12 nitrogen and oxygen atoms in total. The molecule has 0 fully saturated rings. The summed E-state index contributed by atoms with van der Waals surface area (Å²) in [7, 11) is 0. The number of alkyl carbamates (subject to hydrolysis) is 2. The number of rotatable bonds is 9. The number of fused-ring (bicyclic) bond motifs is 1. The van der Waals surface area contributed by atoms with E-state index in [9.17, 15) is 29.1 Å². The molecule has 1 aliphatic carbocycles. The van der Waals surface area contributed by atoms with Crippen molar-refractivity contribution in [2.75, 3.05) is 11.4 Å². The molecule has 5 N–H and O–H groups in total. The van der Waals surface area contributed by atoms with Crippen LogP contribution < -0.4 is 21.3 Å². The van der Waals surface area contributed by atoms with E-state index in [0.717, 1.165) is 17.7 Å². The van der Waals surface area contributed by atoms with Crippen molar-refractivity contribution in [2.45, 2.75) is 85.1 Å². The second-order valence-corrected chi connectivity index (χ2v) is 13.5. The maximum atomic E-state index is 13.1. The Hall–Kier alpha value is -5.39. The Labute approximate surface area is 287 Å². The Balaban J connectivity index is 0.000000449. The molecular weight excluding hydrogens is 628 g/mol. The van der Waals surface area contributed by atoms with E-state index < -0.39 is 41.8 Å². The number of amides is 4. The van der Waals surface area contributed by atoms with Crippen LogP contribution in [0.2, 0.25) is 0 Å². The van der Waals surface area contributed by atoms with Gasteiger partial charge in [-0.2, -0.15) is 0 Å². The summed E-state index contributed by atoms with van der Waals surface area (Å²) >= 11 is 0. The van der Waals surface area contributed by atoms with Crippen molar-refractivity contribution in [3.8, 4) is 0 Å². The molecule has 12 heteroatoms. The normalized spacial score (nSPS) is 12.0. The number of nitrogens with one attached hydrogen (secondary N) is 2. The number of nitrogens with zero attached hydrogens (tertiary/aromatic N) is 1. The number of anilines is 1. The van der Waals surface area contributed by atoms with Gasteiger partial charge in [0.25, 0.3) is 5.91 Å². The van der Waals surface area contributed by atoms with Crippen LogP contribution in [0.15, 0.2) is 66.7 Å². The molecule has 0 bridgehead atoms. The molecule has 4 amide bonds. The fraction of sp³-hybridized carbons (Fsp3) is 0.378. The van der Waals surface area contributed by atoms with Gasteiger partial charge in [-0.05, 0) is 119 Å². The molecule has 3 aromatic carbocycles.